The Bertz CT molecular complexity index is 572. The van der Waals surface area contributed by atoms with Gasteiger partial charge < -0.3 is 10.5 Å². The predicted molar refractivity (Wildman–Crippen MR) is 73.2 cm³/mol. The van der Waals surface area contributed by atoms with Crippen molar-refractivity contribution in [3.63, 3.8) is 0 Å². The maximum Gasteiger partial charge on any atom is 0.141 e. The molecule has 0 heterocycles. The first-order valence-electron chi connectivity index (χ1n) is 5.52. The van der Waals surface area contributed by atoms with Crippen LogP contribution in [0, 0.1) is 12.7 Å². The molecule has 0 radical (unpaired) electrons. The molecule has 0 saturated heterocycles. The van der Waals surface area contributed by atoms with Gasteiger partial charge in [-0.3, -0.25) is 0 Å². The fourth-order valence-corrected chi connectivity index (χ4v) is 1.88. The maximum atomic E-state index is 13.3. The van der Waals surface area contributed by atoms with Crippen molar-refractivity contribution >= 4 is 15.9 Å². The normalized spacial score (nSPS) is 10.4. The van der Waals surface area contributed by atoms with Crippen LogP contribution in [0.3, 0.4) is 0 Å². The van der Waals surface area contributed by atoms with Gasteiger partial charge in [0.05, 0.1) is 4.47 Å². The van der Waals surface area contributed by atoms with Gasteiger partial charge in [0, 0.05) is 12.6 Å². The molecule has 2 rings (SSSR count). The summed E-state index contributed by atoms with van der Waals surface area (Å²) < 4.78 is 19.4. The standard InChI is InChI=1S/C14H13BrFNO/c1-9-6-11(3-2-10(9)8-17)18-12-4-5-13(15)14(16)7-12/h2-7H,8,17H2,1H3. The van der Waals surface area contributed by atoms with E-state index < -0.39 is 0 Å². The van der Waals surface area contributed by atoms with Crippen LogP contribution in [0.2, 0.25) is 0 Å². The number of halogens is 2. The number of ether oxygens (including phenoxy) is 1. The first-order chi connectivity index (χ1) is 8.60. The molecule has 2 aromatic carbocycles. The van der Waals surface area contributed by atoms with Crippen LogP contribution in [0.5, 0.6) is 11.5 Å². The van der Waals surface area contributed by atoms with Crippen LogP contribution in [-0.2, 0) is 6.54 Å². The molecule has 2 N–H and O–H groups in total. The first kappa shape index (κ1) is 13.1. The highest BCUT2D eigenvalue weighted by Crippen LogP contribution is 2.26. The molecular weight excluding hydrogens is 297 g/mol. The molecular formula is C14H13BrFNO. The predicted octanol–water partition coefficient (Wildman–Crippen LogP) is 4.15. The largest absolute Gasteiger partial charge is 0.457 e. The van der Waals surface area contributed by atoms with Crippen molar-refractivity contribution in [2.45, 2.75) is 13.5 Å². The minimum absolute atomic E-state index is 0.345. The van der Waals surface area contributed by atoms with E-state index in [9.17, 15) is 4.39 Å². The molecule has 4 heteroatoms. The van der Waals surface area contributed by atoms with E-state index in [0.717, 1.165) is 11.1 Å². The highest BCUT2D eigenvalue weighted by molar-refractivity contribution is 9.10. The Kier molecular flexibility index (Phi) is 3.99. The summed E-state index contributed by atoms with van der Waals surface area (Å²) in [5, 5.41) is 0. The molecule has 0 spiro atoms. The summed E-state index contributed by atoms with van der Waals surface area (Å²) in [6.07, 6.45) is 0. The molecule has 2 aromatic rings. The summed E-state index contributed by atoms with van der Waals surface area (Å²) in [7, 11) is 0. The lowest BCUT2D eigenvalue weighted by molar-refractivity contribution is 0.475. The first-order valence-corrected chi connectivity index (χ1v) is 6.32. The number of hydrogen-bond donors (Lipinski definition) is 1. The van der Waals surface area contributed by atoms with Crippen LogP contribution < -0.4 is 10.5 Å². The third-order valence-corrected chi connectivity index (χ3v) is 3.30. The van der Waals surface area contributed by atoms with Crippen molar-refractivity contribution in [2.75, 3.05) is 0 Å². The fourth-order valence-electron chi connectivity index (χ4n) is 1.64. The van der Waals surface area contributed by atoms with Gasteiger partial charge in [-0.05, 0) is 58.2 Å². The molecule has 0 atom stereocenters. The van der Waals surface area contributed by atoms with Gasteiger partial charge in [0.1, 0.15) is 17.3 Å². The van der Waals surface area contributed by atoms with Gasteiger partial charge in [-0.15, -0.1) is 0 Å². The minimum atomic E-state index is -0.345. The third-order valence-electron chi connectivity index (χ3n) is 2.66. The second-order valence-electron chi connectivity index (χ2n) is 3.97. The number of rotatable bonds is 3. The lowest BCUT2D eigenvalue weighted by atomic mass is 10.1. The van der Waals surface area contributed by atoms with Crippen molar-refractivity contribution in [3.05, 3.63) is 57.8 Å². The molecule has 0 fully saturated rings. The van der Waals surface area contributed by atoms with E-state index in [4.69, 9.17) is 10.5 Å². The van der Waals surface area contributed by atoms with Gasteiger partial charge in [0.25, 0.3) is 0 Å². The summed E-state index contributed by atoms with van der Waals surface area (Å²) in [5.41, 5.74) is 7.73. The van der Waals surface area contributed by atoms with Gasteiger partial charge >= 0.3 is 0 Å². The minimum Gasteiger partial charge on any atom is -0.457 e. The molecule has 0 unspecified atom stereocenters. The van der Waals surface area contributed by atoms with E-state index in [0.29, 0.717) is 22.5 Å². The van der Waals surface area contributed by atoms with E-state index in [1.54, 1.807) is 12.1 Å². The van der Waals surface area contributed by atoms with Crippen LogP contribution in [0.1, 0.15) is 11.1 Å². The molecule has 18 heavy (non-hydrogen) atoms. The van der Waals surface area contributed by atoms with E-state index in [1.165, 1.54) is 6.07 Å². The van der Waals surface area contributed by atoms with Gasteiger partial charge in [0.2, 0.25) is 0 Å². The Hall–Kier alpha value is -1.39. The molecule has 2 nitrogen and oxygen atoms in total. The fraction of sp³-hybridized carbons (Fsp3) is 0.143. The maximum absolute atomic E-state index is 13.3. The average Bonchev–Trinajstić information content (AvgIpc) is 2.34. The average molecular weight is 310 g/mol. The van der Waals surface area contributed by atoms with Gasteiger partial charge in [-0.1, -0.05) is 6.07 Å². The van der Waals surface area contributed by atoms with Crippen molar-refractivity contribution in [3.8, 4) is 11.5 Å². The van der Waals surface area contributed by atoms with Gasteiger partial charge in [0.15, 0.2) is 0 Å². The van der Waals surface area contributed by atoms with E-state index in [2.05, 4.69) is 15.9 Å². The summed E-state index contributed by atoms with van der Waals surface area (Å²) in [6, 6.07) is 10.3. The molecule has 0 bridgehead atoms. The number of hydrogen-bond acceptors (Lipinski definition) is 2. The lowest BCUT2D eigenvalue weighted by Crippen LogP contribution is -1.99. The monoisotopic (exact) mass is 309 g/mol. The molecule has 0 aliphatic rings. The van der Waals surface area contributed by atoms with Crippen LogP contribution in [-0.4, -0.2) is 0 Å². The van der Waals surface area contributed by atoms with Gasteiger partial charge in [-0.2, -0.15) is 0 Å². The van der Waals surface area contributed by atoms with Crippen LogP contribution in [0.25, 0.3) is 0 Å². The second-order valence-corrected chi connectivity index (χ2v) is 4.82. The number of aryl methyl sites for hydroxylation is 1. The van der Waals surface area contributed by atoms with E-state index in [-0.39, 0.29) is 5.82 Å². The number of benzene rings is 2. The molecule has 0 amide bonds. The molecule has 0 aromatic heterocycles. The Morgan fingerprint density at radius 3 is 2.44 bits per heavy atom. The van der Waals surface area contributed by atoms with Crippen LogP contribution >= 0.6 is 15.9 Å². The Morgan fingerprint density at radius 2 is 1.83 bits per heavy atom. The zero-order valence-electron chi connectivity index (χ0n) is 9.91. The second kappa shape index (κ2) is 5.50. The van der Waals surface area contributed by atoms with Gasteiger partial charge in [-0.25, -0.2) is 4.39 Å². The summed E-state index contributed by atoms with van der Waals surface area (Å²) in [6.45, 7) is 2.47. The van der Waals surface area contributed by atoms with Crippen molar-refractivity contribution in [2.24, 2.45) is 5.73 Å². The van der Waals surface area contributed by atoms with Crippen molar-refractivity contribution in [1.29, 1.82) is 0 Å². The molecule has 0 aliphatic carbocycles. The highest BCUT2D eigenvalue weighted by Gasteiger charge is 2.04. The van der Waals surface area contributed by atoms with E-state index >= 15 is 0 Å². The smallest absolute Gasteiger partial charge is 0.141 e. The molecule has 0 aliphatic heterocycles. The van der Waals surface area contributed by atoms with E-state index in [1.807, 2.05) is 25.1 Å². The highest BCUT2D eigenvalue weighted by atomic mass is 79.9. The van der Waals surface area contributed by atoms with Crippen molar-refractivity contribution in [1.82, 2.24) is 0 Å². The topological polar surface area (TPSA) is 35.2 Å². The lowest BCUT2D eigenvalue weighted by Gasteiger charge is -2.09. The third kappa shape index (κ3) is 2.89. The molecule has 0 saturated carbocycles. The zero-order valence-corrected chi connectivity index (χ0v) is 11.5. The quantitative estimate of drug-likeness (QED) is 0.924. The number of nitrogens with two attached hydrogens (primary N) is 1. The summed E-state index contributed by atoms with van der Waals surface area (Å²) in [5.74, 6) is 0.796. The zero-order chi connectivity index (χ0) is 13.1. The summed E-state index contributed by atoms with van der Waals surface area (Å²) in [4.78, 5) is 0. The molecule has 94 valence electrons. The Morgan fingerprint density at radius 1 is 1.17 bits per heavy atom. The SMILES string of the molecule is Cc1cc(Oc2ccc(Br)c(F)c2)ccc1CN. The Labute approximate surface area is 114 Å². The van der Waals surface area contributed by atoms with Crippen LogP contribution in [0.4, 0.5) is 4.39 Å². The van der Waals surface area contributed by atoms with Crippen LogP contribution in [0.15, 0.2) is 40.9 Å². The Balaban J connectivity index is 2.23. The van der Waals surface area contributed by atoms with Crippen molar-refractivity contribution < 1.29 is 9.13 Å². The summed E-state index contributed by atoms with van der Waals surface area (Å²) >= 11 is 3.10.